The molecule has 2 N–H and O–H groups in total. The molecule has 2 rings (SSSR count). The van der Waals surface area contributed by atoms with Gasteiger partial charge < -0.3 is 15.3 Å². The molecule has 1 aliphatic heterocycles. The number of piperidine rings is 1. The molecule has 0 aromatic rings. The smallest absolute Gasteiger partial charge is 0.326 e. The maximum absolute atomic E-state index is 12.5. The Morgan fingerprint density at radius 3 is 2.71 bits per heavy atom. The molecule has 1 heterocycles. The number of carboxylic acids is 1. The predicted molar refractivity (Wildman–Crippen MR) is 84.6 cm³/mol. The fraction of sp³-hybridized carbons (Fsp3) is 0.867. The Hall–Kier alpha value is -0.910. The summed E-state index contributed by atoms with van der Waals surface area (Å²) < 4.78 is 0. The number of hydrogen-bond acceptors (Lipinski definition) is 3. The summed E-state index contributed by atoms with van der Waals surface area (Å²) in [6.45, 7) is 0.766. The topological polar surface area (TPSA) is 69.6 Å². The molecular weight excluding hydrogens is 288 g/mol. The van der Waals surface area contributed by atoms with E-state index in [2.05, 4.69) is 5.32 Å². The maximum atomic E-state index is 12.5. The van der Waals surface area contributed by atoms with E-state index in [1.54, 1.807) is 11.8 Å². The van der Waals surface area contributed by atoms with E-state index in [0.29, 0.717) is 18.4 Å². The molecule has 1 aliphatic carbocycles. The number of carbonyl (C=O) groups is 2. The van der Waals surface area contributed by atoms with Crippen molar-refractivity contribution >= 4 is 23.8 Å². The lowest BCUT2D eigenvalue weighted by atomic mass is 9.78. The Balaban J connectivity index is 1.95. The average Bonchev–Trinajstić information content (AvgIpc) is 2.50. The fourth-order valence-electron chi connectivity index (χ4n) is 3.60. The van der Waals surface area contributed by atoms with Crippen LogP contribution in [0, 0.1) is 5.92 Å². The van der Waals surface area contributed by atoms with Gasteiger partial charge in [-0.3, -0.25) is 0 Å². The van der Waals surface area contributed by atoms with Gasteiger partial charge in [0, 0.05) is 12.6 Å². The van der Waals surface area contributed by atoms with E-state index < -0.39 is 12.0 Å². The van der Waals surface area contributed by atoms with Crippen molar-refractivity contribution in [1.82, 2.24) is 10.2 Å². The molecule has 3 unspecified atom stereocenters. The van der Waals surface area contributed by atoms with E-state index in [-0.39, 0.29) is 6.03 Å². The lowest BCUT2D eigenvalue weighted by molar-refractivity contribution is -0.139. The molecule has 0 spiro atoms. The van der Waals surface area contributed by atoms with Crippen molar-refractivity contribution in [2.24, 2.45) is 5.92 Å². The molecule has 0 aromatic heterocycles. The molecule has 0 aromatic carbocycles. The minimum atomic E-state index is -0.936. The van der Waals surface area contributed by atoms with Gasteiger partial charge in [-0.25, -0.2) is 9.59 Å². The molecule has 2 fully saturated rings. The van der Waals surface area contributed by atoms with E-state index in [4.69, 9.17) is 0 Å². The van der Waals surface area contributed by atoms with Crippen LogP contribution in [0.4, 0.5) is 4.79 Å². The zero-order valence-corrected chi connectivity index (χ0v) is 13.5. The number of hydrogen-bond donors (Lipinski definition) is 2. The van der Waals surface area contributed by atoms with E-state index in [0.717, 1.165) is 25.1 Å². The molecule has 1 saturated carbocycles. The zero-order chi connectivity index (χ0) is 15.2. The number of amides is 2. The van der Waals surface area contributed by atoms with Crippen LogP contribution < -0.4 is 5.32 Å². The SMILES string of the molecule is CSCCC(NC(=O)N1CCCC2CCCCC21)C(=O)O. The highest BCUT2D eigenvalue weighted by Crippen LogP contribution is 2.35. The Labute approximate surface area is 130 Å². The van der Waals surface area contributed by atoms with Gasteiger partial charge in [0.15, 0.2) is 0 Å². The number of thioether (sulfide) groups is 1. The molecule has 2 amide bonds. The second-order valence-corrected chi connectivity index (χ2v) is 7.05. The highest BCUT2D eigenvalue weighted by Gasteiger charge is 2.36. The van der Waals surface area contributed by atoms with Crippen LogP contribution in [0.3, 0.4) is 0 Å². The van der Waals surface area contributed by atoms with Gasteiger partial charge in [-0.1, -0.05) is 12.8 Å². The molecule has 21 heavy (non-hydrogen) atoms. The summed E-state index contributed by atoms with van der Waals surface area (Å²) >= 11 is 1.60. The number of likely N-dealkylation sites (tertiary alicyclic amines) is 1. The Kier molecular flexibility index (Phi) is 6.21. The lowest BCUT2D eigenvalue weighted by Gasteiger charge is -2.44. The second-order valence-electron chi connectivity index (χ2n) is 6.07. The largest absolute Gasteiger partial charge is 0.480 e. The normalized spacial score (nSPS) is 26.8. The molecule has 0 bridgehead atoms. The maximum Gasteiger partial charge on any atom is 0.326 e. The number of fused-ring (bicyclic) bond motifs is 1. The van der Waals surface area contributed by atoms with Crippen molar-refractivity contribution in [1.29, 1.82) is 0 Å². The highest BCUT2D eigenvalue weighted by atomic mass is 32.2. The van der Waals surface area contributed by atoms with Crippen LogP contribution in [0.5, 0.6) is 0 Å². The molecule has 0 radical (unpaired) electrons. The number of rotatable bonds is 5. The van der Waals surface area contributed by atoms with Gasteiger partial charge in [-0.15, -0.1) is 0 Å². The molecule has 1 saturated heterocycles. The van der Waals surface area contributed by atoms with E-state index in [9.17, 15) is 14.7 Å². The van der Waals surface area contributed by atoms with E-state index >= 15 is 0 Å². The van der Waals surface area contributed by atoms with Crippen molar-refractivity contribution in [3.05, 3.63) is 0 Å². The standard InChI is InChI=1S/C15H26N2O3S/c1-21-10-8-12(14(18)19)16-15(20)17-9-4-6-11-5-2-3-7-13(11)17/h11-13H,2-10H2,1H3,(H,16,20)(H,18,19). The molecular formula is C15H26N2O3S. The van der Waals surface area contributed by atoms with Gasteiger partial charge in [0.25, 0.3) is 0 Å². The average molecular weight is 314 g/mol. The fourth-order valence-corrected chi connectivity index (χ4v) is 4.07. The minimum absolute atomic E-state index is 0.180. The minimum Gasteiger partial charge on any atom is -0.480 e. The van der Waals surface area contributed by atoms with Crippen molar-refractivity contribution in [2.45, 2.75) is 57.0 Å². The number of carbonyl (C=O) groups excluding carboxylic acids is 1. The quantitative estimate of drug-likeness (QED) is 0.818. The Bertz CT molecular complexity index is 376. The number of urea groups is 1. The Morgan fingerprint density at radius 1 is 1.29 bits per heavy atom. The summed E-state index contributed by atoms with van der Waals surface area (Å²) in [7, 11) is 0. The number of carboxylic acid groups (broad SMARTS) is 1. The summed E-state index contributed by atoms with van der Waals surface area (Å²) in [5, 5.41) is 12.0. The lowest BCUT2D eigenvalue weighted by Crippen LogP contribution is -2.56. The summed E-state index contributed by atoms with van der Waals surface area (Å²) in [6, 6.07) is -0.628. The number of nitrogens with one attached hydrogen (secondary N) is 1. The van der Waals surface area contributed by atoms with Crippen LogP contribution >= 0.6 is 11.8 Å². The van der Waals surface area contributed by atoms with Gasteiger partial charge in [0.05, 0.1) is 0 Å². The molecule has 6 heteroatoms. The third-order valence-corrected chi connectivity index (χ3v) is 5.35. The summed E-state index contributed by atoms with van der Waals surface area (Å²) in [4.78, 5) is 25.6. The van der Waals surface area contributed by atoms with Crippen LogP contribution in [-0.2, 0) is 4.79 Å². The summed E-state index contributed by atoms with van der Waals surface area (Å²) in [6.07, 6.45) is 9.40. The van der Waals surface area contributed by atoms with Crippen molar-refractivity contribution in [3.8, 4) is 0 Å². The van der Waals surface area contributed by atoms with Crippen molar-refractivity contribution in [2.75, 3.05) is 18.6 Å². The van der Waals surface area contributed by atoms with Gasteiger partial charge in [0.2, 0.25) is 0 Å². The van der Waals surface area contributed by atoms with Crippen LogP contribution in [0.2, 0.25) is 0 Å². The van der Waals surface area contributed by atoms with Gasteiger partial charge in [0.1, 0.15) is 6.04 Å². The van der Waals surface area contributed by atoms with Crippen molar-refractivity contribution < 1.29 is 14.7 Å². The van der Waals surface area contributed by atoms with Crippen LogP contribution in [0.15, 0.2) is 0 Å². The van der Waals surface area contributed by atoms with Crippen LogP contribution in [0.1, 0.15) is 44.9 Å². The van der Waals surface area contributed by atoms with Gasteiger partial charge in [-0.05, 0) is 50.0 Å². The summed E-state index contributed by atoms with van der Waals surface area (Å²) in [5.41, 5.74) is 0. The number of aliphatic carboxylic acids is 1. The van der Waals surface area contributed by atoms with Gasteiger partial charge >= 0.3 is 12.0 Å². The molecule has 120 valence electrons. The van der Waals surface area contributed by atoms with E-state index in [1.807, 2.05) is 11.2 Å². The second kappa shape index (κ2) is 7.92. The molecule has 5 nitrogen and oxygen atoms in total. The highest BCUT2D eigenvalue weighted by molar-refractivity contribution is 7.98. The zero-order valence-electron chi connectivity index (χ0n) is 12.7. The third kappa shape index (κ3) is 4.28. The summed E-state index contributed by atoms with van der Waals surface area (Å²) in [5.74, 6) is 0.422. The first kappa shape index (κ1) is 16.5. The van der Waals surface area contributed by atoms with Crippen LogP contribution in [-0.4, -0.2) is 52.6 Å². The first-order valence-electron chi connectivity index (χ1n) is 7.92. The monoisotopic (exact) mass is 314 g/mol. The van der Waals surface area contributed by atoms with Crippen LogP contribution in [0.25, 0.3) is 0 Å². The first-order valence-corrected chi connectivity index (χ1v) is 9.31. The van der Waals surface area contributed by atoms with E-state index in [1.165, 1.54) is 25.7 Å². The first-order chi connectivity index (χ1) is 10.1. The predicted octanol–water partition coefficient (Wildman–Crippen LogP) is 2.56. The third-order valence-electron chi connectivity index (χ3n) is 4.71. The molecule has 3 atom stereocenters. The Morgan fingerprint density at radius 2 is 2.00 bits per heavy atom. The van der Waals surface area contributed by atoms with Gasteiger partial charge in [-0.2, -0.15) is 11.8 Å². The van der Waals surface area contributed by atoms with Crippen molar-refractivity contribution in [3.63, 3.8) is 0 Å². The molecule has 2 aliphatic rings. The number of nitrogens with zero attached hydrogens (tertiary/aromatic N) is 1.